The molecule has 76 valence electrons. The quantitative estimate of drug-likeness (QED) is 0.805. The van der Waals surface area contributed by atoms with Crippen molar-refractivity contribution in [3.63, 3.8) is 0 Å². The van der Waals surface area contributed by atoms with Crippen LogP contribution >= 0.6 is 0 Å². The Hall–Kier alpha value is -1.67. The molecule has 0 unspecified atom stereocenters. The fraction of sp³-hybridized carbons (Fsp3) is 0.154. The summed E-state index contributed by atoms with van der Waals surface area (Å²) in [7, 11) is 0. The molecular weight excluding hydrogens is 184 g/mol. The normalized spacial score (nSPS) is 10.3. The third-order valence-electron chi connectivity index (χ3n) is 2.41. The second kappa shape index (κ2) is 4.24. The van der Waals surface area contributed by atoms with Gasteiger partial charge in [0, 0.05) is 18.3 Å². The molecule has 0 fully saturated rings. The molecular formula is C13H14N2. The molecule has 15 heavy (non-hydrogen) atoms. The second-order valence-electron chi connectivity index (χ2n) is 3.62. The lowest BCUT2D eigenvalue weighted by Gasteiger charge is -2.02. The topological polar surface area (TPSA) is 38.9 Å². The number of aryl methyl sites for hydroxylation is 1. The Morgan fingerprint density at radius 3 is 2.33 bits per heavy atom. The van der Waals surface area contributed by atoms with Crippen molar-refractivity contribution < 1.29 is 0 Å². The molecule has 0 saturated carbocycles. The van der Waals surface area contributed by atoms with E-state index in [0.717, 1.165) is 16.8 Å². The van der Waals surface area contributed by atoms with Crippen LogP contribution in [0.2, 0.25) is 0 Å². The van der Waals surface area contributed by atoms with Gasteiger partial charge in [-0.25, -0.2) is 0 Å². The maximum atomic E-state index is 5.52. The summed E-state index contributed by atoms with van der Waals surface area (Å²) in [6, 6.07) is 12.4. The minimum Gasteiger partial charge on any atom is -0.326 e. The van der Waals surface area contributed by atoms with E-state index in [1.165, 1.54) is 5.56 Å². The number of hydrogen-bond donors (Lipinski definition) is 1. The van der Waals surface area contributed by atoms with Gasteiger partial charge < -0.3 is 5.73 Å². The summed E-state index contributed by atoms with van der Waals surface area (Å²) in [5, 5.41) is 0. The molecule has 1 aromatic heterocycles. The third-order valence-corrected chi connectivity index (χ3v) is 2.41. The molecule has 2 heteroatoms. The lowest BCUT2D eigenvalue weighted by Crippen LogP contribution is -1.96. The molecule has 0 amide bonds. The fourth-order valence-corrected chi connectivity index (χ4v) is 1.44. The van der Waals surface area contributed by atoms with Crippen molar-refractivity contribution in [3.05, 3.63) is 53.7 Å². The number of rotatable bonds is 2. The van der Waals surface area contributed by atoms with Crippen LogP contribution in [0, 0.1) is 6.92 Å². The Morgan fingerprint density at radius 2 is 1.80 bits per heavy atom. The Bertz CT molecular complexity index is 429. The van der Waals surface area contributed by atoms with E-state index >= 15 is 0 Å². The van der Waals surface area contributed by atoms with Crippen molar-refractivity contribution >= 4 is 0 Å². The summed E-state index contributed by atoms with van der Waals surface area (Å²) in [4.78, 5) is 4.37. The Morgan fingerprint density at radius 1 is 1.07 bits per heavy atom. The zero-order valence-electron chi connectivity index (χ0n) is 8.77. The van der Waals surface area contributed by atoms with E-state index in [2.05, 4.69) is 36.2 Å². The van der Waals surface area contributed by atoms with E-state index in [1.807, 2.05) is 18.3 Å². The number of hydrogen-bond acceptors (Lipinski definition) is 2. The van der Waals surface area contributed by atoms with Gasteiger partial charge in [0.1, 0.15) is 0 Å². The van der Waals surface area contributed by atoms with Gasteiger partial charge in [0.2, 0.25) is 0 Å². The summed E-state index contributed by atoms with van der Waals surface area (Å²) < 4.78 is 0. The highest BCUT2D eigenvalue weighted by molar-refractivity contribution is 5.59. The fourth-order valence-electron chi connectivity index (χ4n) is 1.44. The maximum absolute atomic E-state index is 5.52. The molecule has 0 radical (unpaired) electrons. The van der Waals surface area contributed by atoms with Crippen LogP contribution in [0.1, 0.15) is 11.1 Å². The van der Waals surface area contributed by atoms with E-state index in [9.17, 15) is 0 Å². The molecule has 0 bridgehead atoms. The van der Waals surface area contributed by atoms with Crippen LogP contribution in [0.15, 0.2) is 42.6 Å². The molecule has 2 aromatic rings. The van der Waals surface area contributed by atoms with Crippen molar-refractivity contribution in [1.82, 2.24) is 4.98 Å². The van der Waals surface area contributed by atoms with Crippen molar-refractivity contribution in [3.8, 4) is 11.3 Å². The van der Waals surface area contributed by atoms with Crippen LogP contribution in [0.25, 0.3) is 11.3 Å². The Labute approximate surface area is 89.8 Å². The SMILES string of the molecule is Cc1ccc(-c2ccc(CN)cn2)cc1. The number of pyridine rings is 1. The van der Waals surface area contributed by atoms with Gasteiger partial charge in [-0.1, -0.05) is 35.9 Å². The second-order valence-corrected chi connectivity index (χ2v) is 3.62. The Balaban J connectivity index is 2.33. The summed E-state index contributed by atoms with van der Waals surface area (Å²) in [6.07, 6.45) is 1.83. The molecule has 1 aromatic carbocycles. The zero-order valence-corrected chi connectivity index (χ0v) is 8.77. The zero-order chi connectivity index (χ0) is 10.7. The van der Waals surface area contributed by atoms with E-state index in [4.69, 9.17) is 5.73 Å². The van der Waals surface area contributed by atoms with E-state index < -0.39 is 0 Å². The average molecular weight is 198 g/mol. The van der Waals surface area contributed by atoms with Gasteiger partial charge >= 0.3 is 0 Å². The predicted molar refractivity (Wildman–Crippen MR) is 62.3 cm³/mol. The van der Waals surface area contributed by atoms with Crippen molar-refractivity contribution in [2.75, 3.05) is 0 Å². The third kappa shape index (κ3) is 2.22. The first kappa shape index (κ1) is 9.87. The molecule has 2 nitrogen and oxygen atoms in total. The molecule has 0 aliphatic heterocycles. The molecule has 2 N–H and O–H groups in total. The van der Waals surface area contributed by atoms with Gasteiger partial charge in [0.25, 0.3) is 0 Å². The first-order chi connectivity index (χ1) is 7.29. The van der Waals surface area contributed by atoms with Gasteiger partial charge in [-0.2, -0.15) is 0 Å². The van der Waals surface area contributed by atoms with Gasteiger partial charge in [-0.05, 0) is 18.6 Å². The van der Waals surface area contributed by atoms with E-state index in [1.54, 1.807) is 0 Å². The molecule has 0 aliphatic carbocycles. The van der Waals surface area contributed by atoms with Gasteiger partial charge in [-0.3, -0.25) is 4.98 Å². The van der Waals surface area contributed by atoms with Crippen molar-refractivity contribution in [1.29, 1.82) is 0 Å². The van der Waals surface area contributed by atoms with Gasteiger partial charge in [0.15, 0.2) is 0 Å². The average Bonchev–Trinajstić information content (AvgIpc) is 2.30. The highest BCUT2D eigenvalue weighted by Crippen LogP contribution is 2.17. The minimum absolute atomic E-state index is 0.543. The predicted octanol–water partition coefficient (Wildman–Crippen LogP) is 2.52. The maximum Gasteiger partial charge on any atom is 0.0702 e. The van der Waals surface area contributed by atoms with Crippen molar-refractivity contribution in [2.24, 2.45) is 5.73 Å². The van der Waals surface area contributed by atoms with Crippen LogP contribution in [0.5, 0.6) is 0 Å². The highest BCUT2D eigenvalue weighted by Gasteiger charge is 1.98. The summed E-state index contributed by atoms with van der Waals surface area (Å²) in [6.45, 7) is 2.62. The van der Waals surface area contributed by atoms with E-state index in [0.29, 0.717) is 6.54 Å². The van der Waals surface area contributed by atoms with Crippen molar-refractivity contribution in [2.45, 2.75) is 13.5 Å². The first-order valence-electron chi connectivity index (χ1n) is 5.01. The van der Waals surface area contributed by atoms with Gasteiger partial charge in [0.05, 0.1) is 5.69 Å². The summed E-state index contributed by atoms with van der Waals surface area (Å²) in [5.41, 5.74) is 9.98. The molecule has 0 saturated heterocycles. The van der Waals surface area contributed by atoms with E-state index in [-0.39, 0.29) is 0 Å². The van der Waals surface area contributed by atoms with Gasteiger partial charge in [-0.15, -0.1) is 0 Å². The number of aromatic nitrogens is 1. The largest absolute Gasteiger partial charge is 0.326 e. The number of nitrogens with zero attached hydrogens (tertiary/aromatic N) is 1. The highest BCUT2D eigenvalue weighted by atomic mass is 14.7. The first-order valence-corrected chi connectivity index (χ1v) is 5.01. The molecule has 0 aliphatic rings. The van der Waals surface area contributed by atoms with Crippen LogP contribution < -0.4 is 5.73 Å². The van der Waals surface area contributed by atoms with Crippen LogP contribution in [0.3, 0.4) is 0 Å². The van der Waals surface area contributed by atoms with Crippen LogP contribution in [-0.4, -0.2) is 4.98 Å². The smallest absolute Gasteiger partial charge is 0.0702 e. The Kier molecular flexibility index (Phi) is 2.79. The lowest BCUT2D eigenvalue weighted by atomic mass is 10.1. The molecule has 0 spiro atoms. The van der Waals surface area contributed by atoms with Crippen LogP contribution in [0.4, 0.5) is 0 Å². The standard InChI is InChI=1S/C13H14N2/c1-10-2-5-12(6-3-10)13-7-4-11(8-14)9-15-13/h2-7,9H,8,14H2,1H3. The summed E-state index contributed by atoms with van der Waals surface area (Å²) in [5.74, 6) is 0. The molecule has 2 rings (SSSR count). The summed E-state index contributed by atoms with van der Waals surface area (Å²) >= 11 is 0. The monoisotopic (exact) mass is 198 g/mol. The number of nitrogens with two attached hydrogens (primary N) is 1. The number of benzene rings is 1. The molecule has 1 heterocycles. The van der Waals surface area contributed by atoms with Crippen LogP contribution in [-0.2, 0) is 6.54 Å². The minimum atomic E-state index is 0.543. The lowest BCUT2D eigenvalue weighted by molar-refractivity contribution is 1.05. The molecule has 0 atom stereocenters.